The topological polar surface area (TPSA) is 31.6 Å². The highest BCUT2D eigenvalue weighted by molar-refractivity contribution is 5.21. The van der Waals surface area contributed by atoms with Crippen LogP contribution < -0.4 is 0 Å². The second kappa shape index (κ2) is 4.20. The lowest BCUT2D eigenvalue weighted by molar-refractivity contribution is 0.376. The summed E-state index contributed by atoms with van der Waals surface area (Å²) in [5, 5.41) is 0. The molecule has 1 aliphatic carbocycles. The molecule has 2 heteroatoms. The first-order valence-electron chi connectivity index (χ1n) is 6.22. The van der Waals surface area contributed by atoms with E-state index in [1.807, 2.05) is 12.4 Å². The van der Waals surface area contributed by atoms with Gasteiger partial charge >= 0.3 is 0 Å². The van der Waals surface area contributed by atoms with Gasteiger partial charge in [-0.2, -0.15) is 0 Å². The Bertz CT molecular complexity index is 371. The van der Waals surface area contributed by atoms with Gasteiger partial charge in [-0.1, -0.05) is 12.8 Å². The summed E-state index contributed by atoms with van der Waals surface area (Å²) in [6.45, 7) is 0. The largest absolute Gasteiger partial charge is 0.365 e. The standard InChI is InChI=1S/C14H18N2/c1-2-6-12(14-8-4-10-16-14)11(5-1)13-7-3-9-15-13/h3-4,7-12,15-16H,1-2,5-6H2/t11-,12+. The number of H-pyrrole nitrogens is 2. The summed E-state index contributed by atoms with van der Waals surface area (Å²) in [6, 6.07) is 8.67. The number of hydrogen-bond donors (Lipinski definition) is 2. The summed E-state index contributed by atoms with van der Waals surface area (Å²) in [7, 11) is 0. The first-order valence-corrected chi connectivity index (χ1v) is 6.22. The van der Waals surface area contributed by atoms with Crippen LogP contribution in [0.2, 0.25) is 0 Å². The van der Waals surface area contributed by atoms with E-state index in [-0.39, 0.29) is 0 Å². The maximum atomic E-state index is 3.38. The highest BCUT2D eigenvalue weighted by Crippen LogP contribution is 2.42. The molecule has 0 aromatic carbocycles. The minimum atomic E-state index is 0.669. The molecular weight excluding hydrogens is 196 g/mol. The molecule has 2 aromatic heterocycles. The Hall–Kier alpha value is -1.44. The zero-order chi connectivity index (χ0) is 10.8. The average Bonchev–Trinajstić information content (AvgIpc) is 3.03. The molecule has 84 valence electrons. The quantitative estimate of drug-likeness (QED) is 0.762. The fraction of sp³-hybridized carbons (Fsp3) is 0.429. The highest BCUT2D eigenvalue weighted by atomic mass is 14.7. The third kappa shape index (κ3) is 1.69. The van der Waals surface area contributed by atoms with Crippen LogP contribution in [0, 0.1) is 0 Å². The first kappa shape index (κ1) is 9.76. The molecule has 2 heterocycles. The van der Waals surface area contributed by atoms with Gasteiger partial charge in [0.1, 0.15) is 0 Å². The monoisotopic (exact) mass is 214 g/mol. The summed E-state index contributed by atoms with van der Waals surface area (Å²) in [5.74, 6) is 1.34. The number of hydrogen-bond acceptors (Lipinski definition) is 0. The van der Waals surface area contributed by atoms with Gasteiger partial charge in [0, 0.05) is 35.6 Å². The van der Waals surface area contributed by atoms with Crippen LogP contribution in [0.3, 0.4) is 0 Å². The smallest absolute Gasteiger partial charge is 0.0185 e. The molecule has 1 fully saturated rings. The van der Waals surface area contributed by atoms with E-state index in [4.69, 9.17) is 0 Å². The van der Waals surface area contributed by atoms with E-state index >= 15 is 0 Å². The fourth-order valence-corrected chi connectivity index (χ4v) is 3.03. The molecule has 3 rings (SSSR count). The molecule has 0 aliphatic heterocycles. The van der Waals surface area contributed by atoms with Crippen molar-refractivity contribution in [1.29, 1.82) is 0 Å². The predicted molar refractivity (Wildman–Crippen MR) is 65.5 cm³/mol. The second-order valence-electron chi connectivity index (χ2n) is 4.75. The van der Waals surface area contributed by atoms with Crippen LogP contribution in [0.25, 0.3) is 0 Å². The minimum absolute atomic E-state index is 0.669. The van der Waals surface area contributed by atoms with Crippen LogP contribution in [0.4, 0.5) is 0 Å². The Morgan fingerprint density at radius 1 is 0.812 bits per heavy atom. The summed E-state index contributed by atoms with van der Waals surface area (Å²) < 4.78 is 0. The summed E-state index contributed by atoms with van der Waals surface area (Å²) in [5.41, 5.74) is 2.80. The van der Waals surface area contributed by atoms with Crippen molar-refractivity contribution in [3.8, 4) is 0 Å². The molecule has 2 aromatic rings. The number of aromatic amines is 2. The lowest BCUT2D eigenvalue weighted by atomic mass is 9.76. The zero-order valence-electron chi connectivity index (χ0n) is 9.45. The lowest BCUT2D eigenvalue weighted by Gasteiger charge is -2.30. The summed E-state index contributed by atoms with van der Waals surface area (Å²) >= 11 is 0. The van der Waals surface area contributed by atoms with Gasteiger partial charge in [-0.05, 0) is 37.1 Å². The van der Waals surface area contributed by atoms with Gasteiger partial charge in [0.2, 0.25) is 0 Å². The predicted octanol–water partition coefficient (Wildman–Crippen LogP) is 3.78. The van der Waals surface area contributed by atoms with E-state index in [0.29, 0.717) is 11.8 Å². The molecule has 0 amide bonds. The maximum absolute atomic E-state index is 3.38. The number of nitrogens with one attached hydrogen (secondary N) is 2. The van der Waals surface area contributed by atoms with E-state index in [1.165, 1.54) is 37.1 Å². The molecule has 0 bridgehead atoms. The van der Waals surface area contributed by atoms with Crippen LogP contribution in [-0.4, -0.2) is 9.97 Å². The average molecular weight is 214 g/mol. The van der Waals surface area contributed by atoms with Gasteiger partial charge in [-0.3, -0.25) is 0 Å². The van der Waals surface area contributed by atoms with Crippen molar-refractivity contribution in [3.63, 3.8) is 0 Å². The maximum Gasteiger partial charge on any atom is 0.0185 e. The summed E-state index contributed by atoms with van der Waals surface area (Å²) in [4.78, 5) is 6.77. The molecule has 1 saturated carbocycles. The zero-order valence-corrected chi connectivity index (χ0v) is 9.45. The normalized spacial score (nSPS) is 25.8. The van der Waals surface area contributed by atoms with Crippen molar-refractivity contribution in [1.82, 2.24) is 9.97 Å². The van der Waals surface area contributed by atoms with Gasteiger partial charge in [-0.25, -0.2) is 0 Å². The van der Waals surface area contributed by atoms with Crippen molar-refractivity contribution in [3.05, 3.63) is 48.0 Å². The molecule has 2 nitrogen and oxygen atoms in total. The molecule has 2 N–H and O–H groups in total. The molecular formula is C14H18N2. The van der Waals surface area contributed by atoms with E-state index in [9.17, 15) is 0 Å². The molecule has 0 saturated heterocycles. The minimum Gasteiger partial charge on any atom is -0.365 e. The number of aromatic nitrogens is 2. The Morgan fingerprint density at radius 2 is 1.31 bits per heavy atom. The van der Waals surface area contributed by atoms with Crippen molar-refractivity contribution in [2.45, 2.75) is 37.5 Å². The van der Waals surface area contributed by atoms with Gasteiger partial charge in [-0.15, -0.1) is 0 Å². The lowest BCUT2D eigenvalue weighted by Crippen LogP contribution is -2.16. The molecule has 0 radical (unpaired) electrons. The molecule has 2 atom stereocenters. The second-order valence-corrected chi connectivity index (χ2v) is 4.75. The van der Waals surface area contributed by atoms with E-state index in [2.05, 4.69) is 34.2 Å². The van der Waals surface area contributed by atoms with Gasteiger partial charge in [0.05, 0.1) is 0 Å². The Morgan fingerprint density at radius 3 is 1.69 bits per heavy atom. The number of rotatable bonds is 2. The van der Waals surface area contributed by atoms with Crippen molar-refractivity contribution in [2.75, 3.05) is 0 Å². The van der Waals surface area contributed by atoms with Gasteiger partial charge in [0.25, 0.3) is 0 Å². The van der Waals surface area contributed by atoms with Gasteiger partial charge in [0.15, 0.2) is 0 Å². The fourth-order valence-electron chi connectivity index (χ4n) is 3.03. The van der Waals surface area contributed by atoms with Crippen LogP contribution in [0.15, 0.2) is 36.7 Å². The SMILES string of the molecule is c1c[nH]c([C@H]2CCCC[C@H]2c2ccc[nH]2)c1. The first-order chi connectivity index (χ1) is 7.95. The Labute approximate surface area is 96.1 Å². The van der Waals surface area contributed by atoms with Crippen LogP contribution in [-0.2, 0) is 0 Å². The molecule has 0 spiro atoms. The molecule has 16 heavy (non-hydrogen) atoms. The third-order valence-electron chi connectivity index (χ3n) is 3.81. The summed E-state index contributed by atoms with van der Waals surface area (Å²) in [6.07, 6.45) is 9.42. The van der Waals surface area contributed by atoms with E-state index in [1.54, 1.807) is 0 Å². The van der Waals surface area contributed by atoms with Crippen molar-refractivity contribution >= 4 is 0 Å². The van der Waals surface area contributed by atoms with E-state index in [0.717, 1.165) is 0 Å². The van der Waals surface area contributed by atoms with Crippen LogP contribution in [0.1, 0.15) is 48.9 Å². The van der Waals surface area contributed by atoms with Crippen LogP contribution in [0.5, 0.6) is 0 Å². The molecule has 0 unspecified atom stereocenters. The molecule has 1 aliphatic rings. The Balaban J connectivity index is 1.90. The van der Waals surface area contributed by atoms with Crippen LogP contribution >= 0.6 is 0 Å². The third-order valence-corrected chi connectivity index (χ3v) is 3.81. The van der Waals surface area contributed by atoms with E-state index < -0.39 is 0 Å². The Kier molecular flexibility index (Phi) is 2.56. The van der Waals surface area contributed by atoms with Gasteiger partial charge < -0.3 is 9.97 Å². The van der Waals surface area contributed by atoms with Crippen molar-refractivity contribution < 1.29 is 0 Å². The highest BCUT2D eigenvalue weighted by Gasteiger charge is 2.28. The van der Waals surface area contributed by atoms with Crippen molar-refractivity contribution in [2.24, 2.45) is 0 Å².